The molecule has 5 atom stereocenters. The number of aliphatic hydroxyl groups is 1. The summed E-state index contributed by atoms with van der Waals surface area (Å²) < 4.78 is 36.6. The monoisotopic (exact) mass is 528 g/mol. The SMILES string of the molecule is C[C@@H]1O[C@](O)(CP(=O)(O)O)[C@@H](OCc2ccccc2)[C@H](OCc2ccccc2)[C@@H]1OCc1ccccc1. The largest absolute Gasteiger partial charge is 0.368 e. The third kappa shape index (κ3) is 7.80. The first-order valence-electron chi connectivity index (χ1n) is 12.1. The summed E-state index contributed by atoms with van der Waals surface area (Å²) in [6.45, 7) is 2.20. The summed E-state index contributed by atoms with van der Waals surface area (Å²) in [6.07, 6.45) is -4.53. The first kappa shape index (κ1) is 27.6. The molecule has 37 heavy (non-hydrogen) atoms. The molecule has 3 aromatic rings. The van der Waals surface area contributed by atoms with Gasteiger partial charge in [0.15, 0.2) is 0 Å². The molecule has 0 aliphatic carbocycles. The number of ether oxygens (including phenoxy) is 4. The molecule has 0 amide bonds. The maximum Gasteiger partial charge on any atom is 0.331 e. The second-order valence-corrected chi connectivity index (χ2v) is 10.9. The van der Waals surface area contributed by atoms with Crippen LogP contribution in [0, 0.1) is 0 Å². The Morgan fingerprint density at radius 1 is 0.730 bits per heavy atom. The highest BCUT2D eigenvalue weighted by Gasteiger charge is 2.57. The minimum absolute atomic E-state index is 0.0727. The van der Waals surface area contributed by atoms with Crippen LogP contribution in [0.3, 0.4) is 0 Å². The molecule has 0 unspecified atom stereocenters. The van der Waals surface area contributed by atoms with Crippen molar-refractivity contribution in [1.82, 2.24) is 0 Å². The third-order valence-electron chi connectivity index (χ3n) is 6.19. The first-order valence-corrected chi connectivity index (χ1v) is 13.9. The average Bonchev–Trinajstić information content (AvgIpc) is 2.87. The van der Waals surface area contributed by atoms with Crippen LogP contribution in [-0.2, 0) is 43.3 Å². The van der Waals surface area contributed by atoms with Crippen molar-refractivity contribution in [1.29, 1.82) is 0 Å². The predicted octanol–water partition coefficient (Wildman–Crippen LogP) is 4.03. The van der Waals surface area contributed by atoms with Gasteiger partial charge in [-0.25, -0.2) is 0 Å². The van der Waals surface area contributed by atoms with Gasteiger partial charge in [0.25, 0.3) is 0 Å². The Kier molecular flexibility index (Phi) is 9.29. The van der Waals surface area contributed by atoms with E-state index in [-0.39, 0.29) is 19.8 Å². The fraction of sp³-hybridized carbons (Fsp3) is 0.357. The van der Waals surface area contributed by atoms with E-state index in [4.69, 9.17) is 18.9 Å². The van der Waals surface area contributed by atoms with E-state index >= 15 is 0 Å². The lowest BCUT2D eigenvalue weighted by Gasteiger charge is -2.49. The number of hydrogen-bond acceptors (Lipinski definition) is 6. The Balaban J connectivity index is 1.64. The number of benzene rings is 3. The van der Waals surface area contributed by atoms with Crippen LogP contribution in [0.4, 0.5) is 0 Å². The highest BCUT2D eigenvalue weighted by atomic mass is 31.2. The van der Waals surface area contributed by atoms with Crippen LogP contribution in [-0.4, -0.2) is 51.3 Å². The lowest BCUT2D eigenvalue weighted by atomic mass is 9.93. The zero-order chi connectivity index (χ0) is 26.3. The highest BCUT2D eigenvalue weighted by Crippen LogP contribution is 2.45. The van der Waals surface area contributed by atoms with Crippen LogP contribution < -0.4 is 0 Å². The van der Waals surface area contributed by atoms with Gasteiger partial charge < -0.3 is 33.8 Å². The van der Waals surface area contributed by atoms with Crippen molar-refractivity contribution in [3.63, 3.8) is 0 Å². The Morgan fingerprint density at radius 3 is 1.57 bits per heavy atom. The lowest BCUT2D eigenvalue weighted by Crippen LogP contribution is -2.67. The molecule has 8 nitrogen and oxygen atoms in total. The summed E-state index contributed by atoms with van der Waals surface area (Å²) in [5.74, 6) is -2.30. The van der Waals surface area contributed by atoms with Gasteiger partial charge >= 0.3 is 7.60 Å². The van der Waals surface area contributed by atoms with Gasteiger partial charge in [0.2, 0.25) is 5.79 Å². The Bertz CT molecular complexity index is 1140. The Hall–Kier alpha value is -2.39. The molecule has 3 N–H and O–H groups in total. The van der Waals surface area contributed by atoms with Crippen molar-refractivity contribution in [2.24, 2.45) is 0 Å². The van der Waals surface area contributed by atoms with Gasteiger partial charge in [0.05, 0.1) is 25.9 Å². The molecule has 0 radical (unpaired) electrons. The average molecular weight is 529 g/mol. The molecule has 198 valence electrons. The standard InChI is InChI=1S/C28H33O8P/c1-21-25(33-17-22-11-5-2-6-12-22)26(34-18-23-13-7-3-8-14-23)27(28(29,36-21)20-37(30,31)32)35-19-24-15-9-4-10-16-24/h2-16,21,25-27,29H,17-20H2,1H3,(H2,30,31,32)/t21-,25+,26+,27-,28+/m0/s1. The second-order valence-electron chi connectivity index (χ2n) is 9.23. The summed E-state index contributed by atoms with van der Waals surface area (Å²) in [6, 6.07) is 28.4. The normalized spacial score (nSPS) is 26.2. The van der Waals surface area contributed by atoms with Gasteiger partial charge in [-0.2, -0.15) is 0 Å². The molecule has 1 heterocycles. The topological polar surface area (TPSA) is 115 Å². The summed E-state index contributed by atoms with van der Waals surface area (Å²) in [4.78, 5) is 19.6. The molecule has 4 rings (SSSR count). The molecule has 0 saturated carbocycles. The molecular weight excluding hydrogens is 495 g/mol. The minimum atomic E-state index is -4.70. The van der Waals surface area contributed by atoms with Crippen molar-refractivity contribution in [3.8, 4) is 0 Å². The Morgan fingerprint density at radius 2 is 1.14 bits per heavy atom. The summed E-state index contributed by atoms with van der Waals surface area (Å²) in [5.41, 5.74) is 2.65. The van der Waals surface area contributed by atoms with E-state index < -0.39 is 44.0 Å². The molecule has 1 fully saturated rings. The summed E-state index contributed by atoms with van der Waals surface area (Å²) in [5, 5.41) is 11.5. The molecule has 0 bridgehead atoms. The van der Waals surface area contributed by atoms with Crippen LogP contribution >= 0.6 is 7.60 Å². The molecule has 1 aliphatic rings. The highest BCUT2D eigenvalue weighted by molar-refractivity contribution is 7.51. The van der Waals surface area contributed by atoms with Crippen molar-refractivity contribution in [3.05, 3.63) is 108 Å². The van der Waals surface area contributed by atoms with E-state index in [0.717, 1.165) is 16.7 Å². The van der Waals surface area contributed by atoms with Crippen molar-refractivity contribution < 1.29 is 38.4 Å². The fourth-order valence-electron chi connectivity index (χ4n) is 4.51. The maximum absolute atomic E-state index is 12.0. The lowest BCUT2D eigenvalue weighted by molar-refractivity contribution is -0.355. The van der Waals surface area contributed by atoms with E-state index in [1.807, 2.05) is 91.0 Å². The smallest absolute Gasteiger partial charge is 0.331 e. The summed E-state index contributed by atoms with van der Waals surface area (Å²) >= 11 is 0. The third-order valence-corrected chi connectivity index (χ3v) is 7.06. The van der Waals surface area contributed by atoms with Gasteiger partial charge in [-0.1, -0.05) is 91.0 Å². The summed E-state index contributed by atoms with van der Waals surface area (Å²) in [7, 11) is -4.70. The molecule has 0 spiro atoms. The fourth-order valence-corrected chi connectivity index (χ4v) is 5.35. The van der Waals surface area contributed by atoms with E-state index in [1.165, 1.54) is 0 Å². The molecule has 1 saturated heterocycles. The first-order chi connectivity index (χ1) is 17.7. The van der Waals surface area contributed by atoms with Crippen molar-refractivity contribution in [2.45, 2.75) is 56.9 Å². The zero-order valence-electron chi connectivity index (χ0n) is 20.6. The maximum atomic E-state index is 12.0. The van der Waals surface area contributed by atoms with E-state index in [0.29, 0.717) is 0 Å². The van der Waals surface area contributed by atoms with Gasteiger partial charge in [-0.05, 0) is 23.6 Å². The van der Waals surface area contributed by atoms with E-state index in [9.17, 15) is 19.5 Å². The van der Waals surface area contributed by atoms with Crippen LogP contribution in [0.2, 0.25) is 0 Å². The van der Waals surface area contributed by atoms with Gasteiger partial charge in [-0.15, -0.1) is 0 Å². The van der Waals surface area contributed by atoms with Crippen LogP contribution in [0.15, 0.2) is 91.0 Å². The second kappa shape index (κ2) is 12.4. The van der Waals surface area contributed by atoms with Crippen molar-refractivity contribution >= 4 is 7.60 Å². The molecular formula is C28H33O8P. The molecule has 3 aromatic carbocycles. The molecule has 9 heteroatoms. The van der Waals surface area contributed by atoms with Crippen LogP contribution in [0.25, 0.3) is 0 Å². The van der Waals surface area contributed by atoms with E-state index in [1.54, 1.807) is 6.92 Å². The van der Waals surface area contributed by atoms with Crippen molar-refractivity contribution in [2.75, 3.05) is 6.16 Å². The van der Waals surface area contributed by atoms with E-state index in [2.05, 4.69) is 0 Å². The number of hydrogen-bond donors (Lipinski definition) is 3. The quantitative estimate of drug-likeness (QED) is 0.320. The predicted molar refractivity (Wildman–Crippen MR) is 137 cm³/mol. The van der Waals surface area contributed by atoms with Gasteiger partial charge in [0, 0.05) is 0 Å². The Labute approximate surface area is 216 Å². The number of rotatable bonds is 11. The molecule has 1 aliphatic heterocycles. The zero-order valence-corrected chi connectivity index (χ0v) is 21.5. The van der Waals surface area contributed by atoms with Gasteiger partial charge in [0.1, 0.15) is 24.5 Å². The minimum Gasteiger partial charge on any atom is -0.368 e. The van der Waals surface area contributed by atoms with Crippen LogP contribution in [0.1, 0.15) is 23.6 Å². The van der Waals surface area contributed by atoms with Gasteiger partial charge in [-0.3, -0.25) is 4.57 Å². The molecule has 0 aromatic heterocycles. The van der Waals surface area contributed by atoms with Crippen LogP contribution in [0.5, 0.6) is 0 Å².